The largest absolute Gasteiger partial charge is 0.497 e. The molecule has 3 rings (SSSR count). The third-order valence-corrected chi connectivity index (χ3v) is 5.24. The van der Waals surface area contributed by atoms with E-state index in [1.807, 2.05) is 24.3 Å². The van der Waals surface area contributed by atoms with Crippen LogP contribution in [0.1, 0.15) is 17.5 Å². The van der Waals surface area contributed by atoms with Gasteiger partial charge in [0.15, 0.2) is 0 Å². The fourth-order valence-electron chi connectivity index (χ4n) is 3.53. The van der Waals surface area contributed by atoms with Crippen molar-refractivity contribution in [2.24, 2.45) is 0 Å². The number of carbonyl (C=O) groups is 1. The Bertz CT molecular complexity index is 886. The molecule has 1 aliphatic heterocycles. The number of carbonyl (C=O) groups excluding carboxylic acids is 1. The summed E-state index contributed by atoms with van der Waals surface area (Å²) < 4.78 is 49.7. The van der Waals surface area contributed by atoms with Gasteiger partial charge >= 0.3 is 12.2 Å². The van der Waals surface area contributed by atoms with Crippen molar-refractivity contribution in [3.8, 4) is 5.75 Å². The number of nitrogens with zero attached hydrogens (tertiary/aromatic N) is 2. The van der Waals surface area contributed by atoms with Crippen molar-refractivity contribution in [3.05, 3.63) is 59.7 Å². The summed E-state index contributed by atoms with van der Waals surface area (Å²) in [6, 6.07) is 11.6. The molecule has 1 fully saturated rings. The van der Waals surface area contributed by atoms with E-state index in [0.29, 0.717) is 32.1 Å². The molecule has 32 heavy (non-hydrogen) atoms. The molecule has 0 aliphatic carbocycles. The first-order valence-electron chi connectivity index (χ1n) is 10.5. The lowest BCUT2D eigenvalue weighted by Crippen LogP contribution is -2.40. The first-order valence-corrected chi connectivity index (χ1v) is 10.5. The monoisotopic (exact) mass is 451 g/mol. The van der Waals surface area contributed by atoms with Crippen LogP contribution in [0.25, 0.3) is 0 Å². The number of nitrogens with one attached hydrogen (secondary N) is 1. The number of methoxy groups -OCH3 is 1. The summed E-state index contributed by atoms with van der Waals surface area (Å²) in [6.45, 7) is 4.69. The molecule has 1 aliphatic rings. The van der Waals surface area contributed by atoms with E-state index < -0.39 is 17.8 Å². The smallest absolute Gasteiger partial charge is 0.416 e. The molecule has 0 radical (unpaired) electrons. The van der Waals surface area contributed by atoms with E-state index in [2.05, 4.69) is 10.2 Å². The predicted octanol–water partition coefficient (Wildman–Crippen LogP) is 4.47. The molecule has 174 valence electrons. The summed E-state index contributed by atoms with van der Waals surface area (Å²) in [5.41, 5.74) is 0.172. The normalized spacial score (nSPS) is 14.8. The van der Waals surface area contributed by atoms with Crippen LogP contribution in [0.15, 0.2) is 48.5 Å². The zero-order chi connectivity index (χ0) is 23.0. The van der Waals surface area contributed by atoms with Crippen LogP contribution in [-0.4, -0.2) is 62.3 Å². The molecule has 0 saturated carbocycles. The first-order chi connectivity index (χ1) is 15.3. The van der Waals surface area contributed by atoms with E-state index >= 15 is 0 Å². The number of morpholine rings is 1. The molecule has 0 spiro atoms. The maximum Gasteiger partial charge on any atom is 0.416 e. The number of benzene rings is 2. The van der Waals surface area contributed by atoms with E-state index in [1.54, 1.807) is 12.0 Å². The molecule has 2 aromatic rings. The average Bonchev–Trinajstić information content (AvgIpc) is 2.79. The van der Waals surface area contributed by atoms with E-state index in [-0.39, 0.29) is 5.69 Å². The molecule has 1 heterocycles. The first kappa shape index (κ1) is 23.9. The van der Waals surface area contributed by atoms with E-state index in [9.17, 15) is 18.0 Å². The number of urea groups is 1. The van der Waals surface area contributed by atoms with Crippen LogP contribution >= 0.6 is 0 Å². The van der Waals surface area contributed by atoms with Gasteiger partial charge in [0.1, 0.15) is 5.75 Å². The highest BCUT2D eigenvalue weighted by atomic mass is 19.4. The van der Waals surface area contributed by atoms with Gasteiger partial charge in [-0.2, -0.15) is 13.2 Å². The van der Waals surface area contributed by atoms with Crippen LogP contribution in [0.2, 0.25) is 0 Å². The number of halogens is 3. The van der Waals surface area contributed by atoms with Gasteiger partial charge in [0, 0.05) is 38.4 Å². The summed E-state index contributed by atoms with van der Waals surface area (Å²) in [5.74, 6) is 0.675. The van der Waals surface area contributed by atoms with Crippen LogP contribution in [0.5, 0.6) is 5.75 Å². The highest BCUT2D eigenvalue weighted by Gasteiger charge is 2.30. The molecule has 1 saturated heterocycles. The van der Waals surface area contributed by atoms with Crippen LogP contribution in [0, 0.1) is 0 Å². The number of amides is 2. The summed E-state index contributed by atoms with van der Waals surface area (Å²) >= 11 is 0. The Morgan fingerprint density at radius 2 is 1.91 bits per heavy atom. The Morgan fingerprint density at radius 1 is 1.16 bits per heavy atom. The third-order valence-electron chi connectivity index (χ3n) is 5.24. The lowest BCUT2D eigenvalue weighted by atomic mass is 10.2. The van der Waals surface area contributed by atoms with Crippen molar-refractivity contribution in [2.75, 3.05) is 51.8 Å². The fourth-order valence-corrected chi connectivity index (χ4v) is 3.53. The van der Waals surface area contributed by atoms with Gasteiger partial charge in [0.2, 0.25) is 0 Å². The second kappa shape index (κ2) is 11.2. The van der Waals surface area contributed by atoms with Crippen LogP contribution in [0.4, 0.5) is 23.7 Å². The number of hydrogen-bond donors (Lipinski definition) is 1. The number of alkyl halides is 3. The molecule has 0 atom stereocenters. The maximum atomic E-state index is 13.0. The third kappa shape index (κ3) is 7.13. The Kier molecular flexibility index (Phi) is 8.35. The molecule has 6 nitrogen and oxygen atoms in total. The number of anilines is 1. The van der Waals surface area contributed by atoms with Gasteiger partial charge in [-0.3, -0.25) is 4.90 Å². The van der Waals surface area contributed by atoms with Crippen molar-refractivity contribution < 1.29 is 27.4 Å². The molecule has 2 amide bonds. The maximum absolute atomic E-state index is 13.0. The number of hydrogen-bond acceptors (Lipinski definition) is 4. The lowest BCUT2D eigenvalue weighted by Gasteiger charge is -2.28. The van der Waals surface area contributed by atoms with Crippen molar-refractivity contribution >= 4 is 11.7 Å². The Balaban J connectivity index is 1.68. The van der Waals surface area contributed by atoms with Crippen LogP contribution in [0.3, 0.4) is 0 Å². The quantitative estimate of drug-likeness (QED) is 0.644. The highest BCUT2D eigenvalue weighted by molar-refractivity contribution is 5.89. The van der Waals surface area contributed by atoms with Gasteiger partial charge in [-0.15, -0.1) is 0 Å². The van der Waals surface area contributed by atoms with E-state index in [1.165, 1.54) is 12.1 Å². The van der Waals surface area contributed by atoms with Gasteiger partial charge in [0.05, 0.1) is 25.9 Å². The van der Waals surface area contributed by atoms with Crippen molar-refractivity contribution in [1.82, 2.24) is 9.80 Å². The van der Waals surface area contributed by atoms with Gasteiger partial charge in [-0.05, 0) is 42.3 Å². The van der Waals surface area contributed by atoms with Gasteiger partial charge in [0.25, 0.3) is 0 Å². The Labute approximate surface area is 185 Å². The number of rotatable bonds is 8. The predicted molar refractivity (Wildman–Crippen MR) is 116 cm³/mol. The minimum Gasteiger partial charge on any atom is -0.497 e. The molecule has 2 aromatic carbocycles. The van der Waals surface area contributed by atoms with E-state index in [0.717, 1.165) is 43.8 Å². The Morgan fingerprint density at radius 3 is 2.62 bits per heavy atom. The zero-order valence-electron chi connectivity index (χ0n) is 18.0. The summed E-state index contributed by atoms with van der Waals surface area (Å²) in [6.07, 6.45) is -3.74. The summed E-state index contributed by atoms with van der Waals surface area (Å²) in [4.78, 5) is 16.9. The molecule has 1 N–H and O–H groups in total. The molecule has 0 bridgehead atoms. The second-order valence-corrected chi connectivity index (χ2v) is 7.59. The SMILES string of the molecule is COc1cccc(CN(CCCN2CCOCC2)C(=O)Nc2cccc(C(F)(F)F)c2)c1. The van der Waals surface area contributed by atoms with Crippen LogP contribution in [-0.2, 0) is 17.5 Å². The Hall–Kier alpha value is -2.78. The zero-order valence-corrected chi connectivity index (χ0v) is 18.0. The van der Waals surface area contributed by atoms with Gasteiger partial charge < -0.3 is 19.7 Å². The summed E-state index contributed by atoms with van der Waals surface area (Å²) in [5, 5.41) is 2.61. The average molecular weight is 451 g/mol. The molecular formula is C23H28F3N3O3. The minimum absolute atomic E-state index is 0.105. The van der Waals surface area contributed by atoms with Crippen molar-refractivity contribution in [3.63, 3.8) is 0 Å². The van der Waals surface area contributed by atoms with Crippen LogP contribution < -0.4 is 10.1 Å². The topological polar surface area (TPSA) is 54.0 Å². The minimum atomic E-state index is -4.47. The molecule has 9 heteroatoms. The second-order valence-electron chi connectivity index (χ2n) is 7.59. The standard InChI is InChI=1S/C23H28F3N3O3/c1-31-21-8-2-5-18(15-21)17-29(10-4-9-28-11-13-32-14-12-28)22(30)27-20-7-3-6-19(16-20)23(24,25)26/h2-3,5-8,15-16H,4,9-14,17H2,1H3,(H,27,30). The van der Waals surface area contributed by atoms with Gasteiger partial charge in [-0.25, -0.2) is 4.79 Å². The molecule has 0 aromatic heterocycles. The number of ether oxygens (including phenoxy) is 2. The lowest BCUT2D eigenvalue weighted by molar-refractivity contribution is -0.137. The molecular weight excluding hydrogens is 423 g/mol. The fraction of sp³-hybridized carbons (Fsp3) is 0.435. The summed E-state index contributed by atoms with van der Waals surface area (Å²) in [7, 11) is 1.57. The van der Waals surface area contributed by atoms with Crippen molar-refractivity contribution in [1.29, 1.82) is 0 Å². The highest BCUT2D eigenvalue weighted by Crippen LogP contribution is 2.30. The van der Waals surface area contributed by atoms with E-state index in [4.69, 9.17) is 9.47 Å². The van der Waals surface area contributed by atoms with Crippen molar-refractivity contribution in [2.45, 2.75) is 19.1 Å². The molecule has 0 unspecified atom stereocenters. The van der Waals surface area contributed by atoms with Gasteiger partial charge in [-0.1, -0.05) is 18.2 Å².